The van der Waals surface area contributed by atoms with Crippen molar-refractivity contribution in [1.82, 2.24) is 9.97 Å². The summed E-state index contributed by atoms with van der Waals surface area (Å²) in [4.78, 5) is 12.2. The molecule has 0 spiro atoms. The molecule has 4 aromatic heterocycles. The third kappa shape index (κ3) is 7.67. The molecule has 7 aromatic carbocycles. The van der Waals surface area contributed by atoms with Crippen LogP contribution < -0.4 is 9.30 Å². The standard InChI is InChI=1S/C35H20FN3OS.C21H21FGeN.Ir/c1-19-13-14-24-31-26(36)16-15-25(33(31)41-35(24)37-19)34-38-27-17-20-7-2-3-8-21(20)18-29(27)39(34)28-11-6-10-23-22-9-4-5-12-30(22)40-32(23)28;1-15-12-21(24-14-20(15)23(2,3)4)17-10-11-19(22)18(13-17)16-8-6-5-7-9-16;/h2-14,16-18,34H,1H3;5-9,11-14H,1-4H3;/q-2;-1;+3/i;1D3;. The van der Waals surface area contributed by atoms with E-state index in [0.29, 0.717) is 27.8 Å². The fourth-order valence-electron chi connectivity index (χ4n) is 8.84. The van der Waals surface area contributed by atoms with Gasteiger partial charge in [-0.2, -0.15) is 17.4 Å². The van der Waals surface area contributed by atoms with E-state index in [9.17, 15) is 4.39 Å². The number of aromatic nitrogens is 2. The van der Waals surface area contributed by atoms with Crippen LogP contribution in [0.3, 0.4) is 0 Å². The molecule has 0 radical (unpaired) electrons. The zero-order valence-corrected chi connectivity index (χ0v) is 41.5. The molecule has 0 amide bonds. The van der Waals surface area contributed by atoms with E-state index in [-0.39, 0.29) is 31.7 Å². The van der Waals surface area contributed by atoms with Crippen LogP contribution in [0, 0.1) is 37.5 Å². The molecule has 0 aliphatic carbocycles. The summed E-state index contributed by atoms with van der Waals surface area (Å²) in [6.07, 6.45) is 1.22. The Balaban J connectivity index is 0.000000173. The number of nitrogens with zero attached hydrogens (tertiary/aromatic N) is 4. The maximum Gasteiger partial charge on any atom is 3.00 e. The first-order chi connectivity index (χ1) is 32.7. The van der Waals surface area contributed by atoms with Crippen molar-refractivity contribution < 1.29 is 37.4 Å². The first-order valence-corrected chi connectivity index (χ1v) is 29.5. The molecule has 12 rings (SSSR count). The Morgan fingerprint density at radius 1 is 0.773 bits per heavy atom. The average molecular weight is 1120 g/mol. The molecule has 11 aromatic rings. The summed E-state index contributed by atoms with van der Waals surface area (Å²) in [7, 11) is 0. The molecule has 10 heteroatoms. The van der Waals surface area contributed by atoms with Crippen LogP contribution in [0.4, 0.5) is 25.8 Å². The fraction of sp³-hybridized carbons (Fsp3) is 0.107. The number of furan rings is 1. The van der Waals surface area contributed by atoms with Gasteiger partial charge >= 0.3 is 170 Å². The van der Waals surface area contributed by atoms with Crippen LogP contribution in [0.1, 0.15) is 27.1 Å². The summed E-state index contributed by atoms with van der Waals surface area (Å²) < 4.78 is 61.7. The molecule has 0 fully saturated rings. The van der Waals surface area contributed by atoms with E-state index < -0.39 is 26.3 Å². The Bertz CT molecular complexity index is 3780. The van der Waals surface area contributed by atoms with Gasteiger partial charge in [0, 0.05) is 28.0 Å². The molecule has 1 atom stereocenters. The van der Waals surface area contributed by atoms with Gasteiger partial charge in [0.25, 0.3) is 0 Å². The largest absolute Gasteiger partial charge is 3.00 e. The second-order valence-corrected chi connectivity index (χ2v) is 28.9. The molecular weight excluding hydrogens is 1080 g/mol. The molecular formula is C56H41F2GeIrN4OS. The summed E-state index contributed by atoms with van der Waals surface area (Å²) in [5.74, 6) is 5.76. The van der Waals surface area contributed by atoms with Gasteiger partial charge in [0.05, 0.1) is 5.69 Å². The van der Waals surface area contributed by atoms with E-state index in [4.69, 9.17) is 18.8 Å². The average Bonchev–Trinajstić information content (AvgIpc) is 4.02. The van der Waals surface area contributed by atoms with Gasteiger partial charge in [-0.3, -0.25) is 4.39 Å². The molecule has 1 aliphatic rings. The zero-order valence-electron chi connectivity index (χ0n) is 39.2. The van der Waals surface area contributed by atoms with Gasteiger partial charge in [-0.1, -0.05) is 76.8 Å². The monoisotopic (exact) mass is 1130 g/mol. The summed E-state index contributed by atoms with van der Waals surface area (Å²) in [6.45, 7) is -0.260. The summed E-state index contributed by atoms with van der Waals surface area (Å²) in [6, 6.07) is 52.3. The minimum absolute atomic E-state index is 0. The quantitative estimate of drug-likeness (QED) is 0.127. The topological polar surface area (TPSA) is 56.3 Å². The first kappa shape index (κ1) is 40.1. The Morgan fingerprint density at radius 2 is 1.52 bits per heavy atom. The third-order valence-electron chi connectivity index (χ3n) is 12.0. The SMILES string of the molecule is Cc1ccc2c(n1)sc1c(C3[N-]c4cc5ccccc5cc4N3c3cccc4c3oc3ccccc34)[c-]cc(F)c12.[2H]C([2H])([2H])c1cc(-c2[c-]cc(F)c(-c3ccccc3)c2)nc[c]1[Ge]([CH3])([CH3])[CH3].[Ir+3]. The number of benzene rings is 7. The maximum atomic E-state index is 15.4. The van der Waals surface area contributed by atoms with Crippen molar-refractivity contribution in [2.75, 3.05) is 4.90 Å². The molecule has 0 bridgehead atoms. The second kappa shape index (κ2) is 17.2. The summed E-state index contributed by atoms with van der Waals surface area (Å²) >= 11 is -0.914. The van der Waals surface area contributed by atoms with E-state index in [1.165, 1.54) is 23.5 Å². The number of halogens is 2. The summed E-state index contributed by atoms with van der Waals surface area (Å²) in [5, 5.41) is 11.0. The molecule has 1 unspecified atom stereocenters. The predicted molar refractivity (Wildman–Crippen MR) is 268 cm³/mol. The molecule has 0 saturated heterocycles. The van der Waals surface area contributed by atoms with Gasteiger partial charge < -0.3 is 14.6 Å². The van der Waals surface area contributed by atoms with Crippen molar-refractivity contribution >= 4 is 99.1 Å². The normalized spacial score (nSPS) is 14.4. The molecule has 0 N–H and O–H groups in total. The van der Waals surface area contributed by atoms with Crippen molar-refractivity contribution in [1.29, 1.82) is 0 Å². The number of hydrogen-bond donors (Lipinski definition) is 0. The number of aryl methyl sites for hydroxylation is 2. The van der Waals surface area contributed by atoms with E-state index in [1.54, 1.807) is 18.3 Å². The van der Waals surface area contributed by atoms with E-state index in [0.717, 1.165) is 85.9 Å². The Kier molecular flexibility index (Phi) is 10.4. The Labute approximate surface area is 406 Å². The smallest absolute Gasteiger partial charge is 3.00 e. The number of rotatable bonds is 5. The molecule has 324 valence electrons. The molecule has 5 heterocycles. The summed E-state index contributed by atoms with van der Waals surface area (Å²) in [5.41, 5.74) is 8.72. The predicted octanol–water partition coefficient (Wildman–Crippen LogP) is 15.8. The van der Waals surface area contributed by atoms with Crippen molar-refractivity contribution in [3.8, 4) is 22.4 Å². The van der Waals surface area contributed by atoms with Crippen LogP contribution in [0.2, 0.25) is 17.3 Å². The minimum atomic E-state index is -2.41. The molecule has 1 aliphatic heterocycles. The first-order valence-electron chi connectivity index (χ1n) is 22.8. The van der Waals surface area contributed by atoms with Crippen LogP contribution in [0.5, 0.6) is 0 Å². The number of para-hydroxylation sites is 2. The van der Waals surface area contributed by atoms with Crippen molar-refractivity contribution in [3.63, 3.8) is 0 Å². The van der Waals surface area contributed by atoms with Crippen molar-refractivity contribution in [2.45, 2.75) is 37.2 Å². The van der Waals surface area contributed by atoms with Crippen LogP contribution >= 0.6 is 11.3 Å². The van der Waals surface area contributed by atoms with E-state index in [1.807, 2.05) is 79.7 Å². The molecule has 5 nitrogen and oxygen atoms in total. The number of anilines is 2. The minimum Gasteiger partial charge on any atom is 3.00 e. The van der Waals surface area contributed by atoms with Gasteiger partial charge in [0.15, 0.2) is 5.58 Å². The van der Waals surface area contributed by atoms with Gasteiger partial charge in [-0.25, -0.2) is 4.98 Å². The van der Waals surface area contributed by atoms with Crippen LogP contribution in [-0.2, 0) is 20.1 Å². The number of hydrogen-bond acceptors (Lipinski definition) is 5. The Morgan fingerprint density at radius 3 is 2.32 bits per heavy atom. The van der Waals surface area contributed by atoms with E-state index in [2.05, 4.69) is 87.8 Å². The van der Waals surface area contributed by atoms with Crippen LogP contribution in [0.25, 0.3) is 80.7 Å². The number of thiophene rings is 1. The Hall–Kier alpha value is -6.23. The van der Waals surface area contributed by atoms with Crippen molar-refractivity contribution in [2.24, 2.45) is 0 Å². The van der Waals surface area contributed by atoms with E-state index >= 15 is 4.39 Å². The van der Waals surface area contributed by atoms with Gasteiger partial charge in [-0.15, -0.1) is 17.3 Å². The number of fused-ring (bicyclic) bond motifs is 8. The van der Waals surface area contributed by atoms with Gasteiger partial charge in [0.2, 0.25) is 0 Å². The van der Waals surface area contributed by atoms with Crippen molar-refractivity contribution in [3.05, 3.63) is 198 Å². The van der Waals surface area contributed by atoms with Gasteiger partial charge in [0.1, 0.15) is 10.4 Å². The maximum absolute atomic E-state index is 15.4. The number of pyridine rings is 2. The second-order valence-electron chi connectivity index (χ2n) is 17.3. The molecule has 66 heavy (non-hydrogen) atoms. The third-order valence-corrected chi connectivity index (χ3v) is 17.4. The van der Waals surface area contributed by atoms with Crippen LogP contribution in [-0.4, -0.2) is 23.2 Å². The zero-order chi connectivity index (χ0) is 47.1. The van der Waals surface area contributed by atoms with Crippen LogP contribution in [0.15, 0.2) is 156 Å². The van der Waals surface area contributed by atoms with Gasteiger partial charge in [-0.05, 0) is 53.5 Å². The fourth-order valence-corrected chi connectivity index (χ4v) is 12.9. The molecule has 0 saturated carbocycles.